The minimum atomic E-state index is -0.0646. The molecule has 1 heterocycles. The molecule has 0 radical (unpaired) electrons. The molecule has 1 rings (SSSR count). The molecule has 1 aromatic rings. The monoisotopic (exact) mass is 183 g/mol. The van der Waals surface area contributed by atoms with E-state index in [1.807, 2.05) is 6.07 Å². The van der Waals surface area contributed by atoms with Gasteiger partial charge in [-0.05, 0) is 24.4 Å². The summed E-state index contributed by atoms with van der Waals surface area (Å²) >= 11 is 0. The summed E-state index contributed by atoms with van der Waals surface area (Å²) in [6, 6.07) is 4.15. The number of unbranched alkanes of at least 4 members (excludes halogenated alkanes) is 3. The topological polar surface area (TPSA) is 26.0 Å². The molecule has 0 aliphatic carbocycles. The van der Waals surface area contributed by atoms with Crippen LogP contribution in [0.5, 0.6) is 0 Å². The molecule has 1 unspecified atom stereocenters. The molecule has 0 aromatic carbocycles. The van der Waals surface area contributed by atoms with E-state index in [1.54, 1.807) is 0 Å². The lowest BCUT2D eigenvalue weighted by molar-refractivity contribution is 0.690. The fraction of sp³-hybridized carbons (Fsp3) is 0.600. The van der Waals surface area contributed by atoms with Crippen LogP contribution in [0.15, 0.2) is 17.9 Å². The van der Waals surface area contributed by atoms with E-state index in [0.717, 1.165) is 5.42 Å². The Kier molecular flexibility index (Phi) is 4.24. The molecule has 0 aliphatic heterocycles. The van der Waals surface area contributed by atoms with Gasteiger partial charge in [0.25, 0.3) is 0 Å². The molecule has 1 atom stereocenters. The normalized spacial score (nSPS) is 11.9. The van der Waals surface area contributed by atoms with Gasteiger partial charge in [-0.3, -0.25) is 0 Å². The second-order valence-electron chi connectivity index (χ2n) is 3.19. The van der Waals surface area contributed by atoms with Crippen LogP contribution in [0.4, 0.5) is 5.42 Å². The summed E-state index contributed by atoms with van der Waals surface area (Å²) in [4.78, 5) is 0. The van der Waals surface area contributed by atoms with E-state index < -0.39 is 0 Å². The molecule has 0 saturated carbocycles. The van der Waals surface area contributed by atoms with E-state index in [4.69, 9.17) is 5.73 Å². The van der Waals surface area contributed by atoms with Crippen molar-refractivity contribution in [3.8, 4) is 0 Å². The number of hydrogen-bond acceptors (Lipinski definition) is 1. The third-order valence-electron chi connectivity index (χ3n) is 2.12. The highest BCUT2D eigenvalue weighted by Gasteiger charge is 1.96. The van der Waals surface area contributed by atoms with Crippen LogP contribution < -0.4 is 5.73 Å². The average Bonchev–Trinajstić information content (AvgIpc) is 2.46. The van der Waals surface area contributed by atoms with E-state index >= 15 is 0 Å². The van der Waals surface area contributed by atoms with Crippen molar-refractivity contribution in [2.24, 2.45) is 0 Å². The summed E-state index contributed by atoms with van der Waals surface area (Å²) in [5.74, 6) is 2.27. The first-order valence-electron chi connectivity index (χ1n) is 4.75. The van der Waals surface area contributed by atoms with Crippen LogP contribution in [0.3, 0.4) is 0 Å². The van der Waals surface area contributed by atoms with Crippen LogP contribution in [0.1, 0.15) is 32.6 Å². The Morgan fingerprint density at radius 3 is 2.75 bits per heavy atom. The highest BCUT2D eigenvalue weighted by Crippen LogP contribution is 2.38. The highest BCUT2D eigenvalue weighted by atomic mass is 31.1. The Morgan fingerprint density at radius 1 is 1.33 bits per heavy atom. The van der Waals surface area contributed by atoms with Gasteiger partial charge in [0.15, 0.2) is 0 Å². The van der Waals surface area contributed by atoms with E-state index in [9.17, 15) is 0 Å². The van der Waals surface area contributed by atoms with Gasteiger partial charge in [0.1, 0.15) is 0 Å². The Labute approximate surface area is 76.0 Å². The molecule has 0 saturated heterocycles. The summed E-state index contributed by atoms with van der Waals surface area (Å²) in [6.07, 6.45) is 6.71. The van der Waals surface area contributed by atoms with E-state index in [2.05, 4.69) is 18.8 Å². The van der Waals surface area contributed by atoms with E-state index in [1.165, 1.54) is 31.8 Å². The molecular weight excluding hydrogens is 165 g/mol. The van der Waals surface area contributed by atoms with Gasteiger partial charge >= 0.3 is 0 Å². The summed E-state index contributed by atoms with van der Waals surface area (Å²) in [5, 5.41) is 0. The largest absolute Gasteiger partial charge is 0.396 e. The zero-order valence-corrected chi connectivity index (χ0v) is 8.69. The van der Waals surface area contributed by atoms with Gasteiger partial charge in [0.2, 0.25) is 0 Å². The van der Waals surface area contributed by atoms with Crippen LogP contribution in [-0.2, 0) is 6.16 Å². The number of anilines is 1. The molecule has 1 nitrogen and oxygen atoms in total. The molecule has 68 valence electrons. The number of nitrogen functional groups attached to an aromatic ring is 1. The Hall–Kier alpha value is -0.420. The first kappa shape index (κ1) is 9.67. The maximum Gasteiger partial charge on any atom is 0.0508 e. The molecular formula is C10H18NP. The van der Waals surface area contributed by atoms with Gasteiger partial charge in [-0.1, -0.05) is 32.3 Å². The SMILES string of the molecule is CCCCCCp1cccc1N. The summed E-state index contributed by atoms with van der Waals surface area (Å²) in [7, 11) is -0.0646. The fourth-order valence-corrected chi connectivity index (χ4v) is 3.05. The quantitative estimate of drug-likeness (QED) is 0.689. The van der Waals surface area contributed by atoms with Gasteiger partial charge in [0, 0.05) is 0 Å². The van der Waals surface area contributed by atoms with Crippen molar-refractivity contribution in [1.82, 2.24) is 0 Å². The summed E-state index contributed by atoms with van der Waals surface area (Å²) in [5.41, 5.74) is 6.93. The second-order valence-corrected chi connectivity index (χ2v) is 5.39. The maximum atomic E-state index is 5.82. The Balaban J connectivity index is 2.20. The fourth-order valence-electron chi connectivity index (χ4n) is 1.34. The average molecular weight is 183 g/mol. The molecule has 2 N–H and O–H groups in total. The van der Waals surface area contributed by atoms with Crippen molar-refractivity contribution < 1.29 is 0 Å². The molecule has 0 aliphatic rings. The number of nitrogens with two attached hydrogens (primary N) is 1. The van der Waals surface area contributed by atoms with Crippen molar-refractivity contribution >= 4 is 13.0 Å². The number of hydrogen-bond donors (Lipinski definition) is 1. The molecule has 0 spiro atoms. The summed E-state index contributed by atoms with van der Waals surface area (Å²) in [6.45, 7) is 2.25. The van der Waals surface area contributed by atoms with Crippen molar-refractivity contribution in [3.05, 3.63) is 17.9 Å². The summed E-state index contributed by atoms with van der Waals surface area (Å²) < 4.78 is 0. The lowest BCUT2D eigenvalue weighted by atomic mass is 10.2. The van der Waals surface area contributed by atoms with Crippen molar-refractivity contribution in [2.75, 3.05) is 5.73 Å². The predicted molar refractivity (Wildman–Crippen MR) is 57.7 cm³/mol. The lowest BCUT2D eigenvalue weighted by Gasteiger charge is -2.00. The van der Waals surface area contributed by atoms with Crippen molar-refractivity contribution in [1.29, 1.82) is 0 Å². The smallest absolute Gasteiger partial charge is 0.0508 e. The lowest BCUT2D eigenvalue weighted by Crippen LogP contribution is -1.80. The molecule has 1 aromatic heterocycles. The van der Waals surface area contributed by atoms with Gasteiger partial charge in [-0.2, -0.15) is 0 Å². The molecule has 0 fully saturated rings. The minimum Gasteiger partial charge on any atom is -0.396 e. The van der Waals surface area contributed by atoms with Gasteiger partial charge in [-0.15, -0.1) is 7.53 Å². The van der Waals surface area contributed by atoms with Crippen LogP contribution in [0, 0.1) is 0 Å². The zero-order chi connectivity index (χ0) is 8.81. The molecule has 0 bridgehead atoms. The highest BCUT2D eigenvalue weighted by molar-refractivity contribution is 7.52. The van der Waals surface area contributed by atoms with Crippen LogP contribution in [0.2, 0.25) is 0 Å². The Morgan fingerprint density at radius 2 is 2.17 bits per heavy atom. The van der Waals surface area contributed by atoms with Crippen LogP contribution in [-0.4, -0.2) is 0 Å². The standard InChI is InChI=1S/C10H18NP/c1-2-3-4-5-8-12-9-6-7-10(12)11/h6-7,9H,2-5,8,11H2,1H3. The van der Waals surface area contributed by atoms with Gasteiger partial charge in [-0.25, -0.2) is 0 Å². The van der Waals surface area contributed by atoms with Crippen molar-refractivity contribution in [3.63, 3.8) is 0 Å². The van der Waals surface area contributed by atoms with Gasteiger partial charge < -0.3 is 5.73 Å². The predicted octanol–water partition coefficient (Wildman–Crippen LogP) is 3.84. The second kappa shape index (κ2) is 5.27. The van der Waals surface area contributed by atoms with Crippen molar-refractivity contribution in [2.45, 2.75) is 38.8 Å². The first-order valence-corrected chi connectivity index (χ1v) is 6.35. The molecule has 0 amide bonds. The number of aryl methyl sites for hydroxylation is 1. The van der Waals surface area contributed by atoms with Gasteiger partial charge in [0.05, 0.1) is 5.42 Å². The third kappa shape index (κ3) is 2.91. The molecule has 2 heteroatoms. The van der Waals surface area contributed by atoms with E-state index in [0.29, 0.717) is 0 Å². The van der Waals surface area contributed by atoms with Crippen LogP contribution in [0.25, 0.3) is 0 Å². The molecule has 12 heavy (non-hydrogen) atoms. The van der Waals surface area contributed by atoms with Crippen LogP contribution >= 0.6 is 7.53 Å². The van der Waals surface area contributed by atoms with E-state index in [-0.39, 0.29) is 7.53 Å². The Bertz CT molecular complexity index is 217. The third-order valence-corrected chi connectivity index (χ3v) is 4.26. The minimum absolute atomic E-state index is 0.0646. The zero-order valence-electron chi connectivity index (χ0n) is 7.79. The number of rotatable bonds is 5. The first-order chi connectivity index (χ1) is 5.84. The maximum absolute atomic E-state index is 5.82.